The molecule has 7 nitrogen and oxygen atoms in total. The first-order valence-corrected chi connectivity index (χ1v) is 6.84. The molecule has 0 saturated carbocycles. The van der Waals surface area contributed by atoms with Crippen molar-refractivity contribution >= 4 is 12.0 Å². The first-order chi connectivity index (χ1) is 9.58. The molecule has 0 aliphatic heterocycles. The third-order valence-electron chi connectivity index (χ3n) is 2.85. The number of carboxylic acid groups (broad SMARTS) is 1. The number of hydrogen-bond acceptors (Lipinski definition) is 3. The van der Waals surface area contributed by atoms with Crippen LogP contribution in [0, 0.1) is 0 Å². The predicted octanol–water partition coefficient (Wildman–Crippen LogP) is 1.24. The zero-order valence-corrected chi connectivity index (χ0v) is 11.9. The van der Waals surface area contributed by atoms with Gasteiger partial charge >= 0.3 is 12.0 Å². The second-order valence-corrected chi connectivity index (χ2v) is 4.61. The standard InChI is InChI=1S/C13H22N4O3/c1-3-5-17(6-4-2)13(20)16-11(12(18)19)7-10-8-14-9-15-10/h8-9,11H,3-7H2,1-2H3,(H,14,15)(H,16,20)(H,18,19). The summed E-state index contributed by atoms with van der Waals surface area (Å²) in [6.45, 7) is 5.20. The van der Waals surface area contributed by atoms with Crippen molar-refractivity contribution in [1.82, 2.24) is 20.2 Å². The predicted molar refractivity (Wildman–Crippen MR) is 74.4 cm³/mol. The number of urea groups is 1. The number of amides is 2. The number of carboxylic acids is 1. The minimum Gasteiger partial charge on any atom is -0.480 e. The van der Waals surface area contributed by atoms with Crippen molar-refractivity contribution < 1.29 is 14.7 Å². The van der Waals surface area contributed by atoms with Crippen LogP contribution in [0.4, 0.5) is 4.79 Å². The van der Waals surface area contributed by atoms with Crippen molar-refractivity contribution in [3.63, 3.8) is 0 Å². The summed E-state index contributed by atoms with van der Waals surface area (Å²) in [5.74, 6) is -1.05. The van der Waals surface area contributed by atoms with Gasteiger partial charge in [0.15, 0.2) is 0 Å². The van der Waals surface area contributed by atoms with Crippen molar-refractivity contribution in [1.29, 1.82) is 0 Å². The zero-order valence-electron chi connectivity index (χ0n) is 11.9. The molecule has 0 saturated heterocycles. The molecule has 0 fully saturated rings. The van der Waals surface area contributed by atoms with Crippen LogP contribution in [0.3, 0.4) is 0 Å². The van der Waals surface area contributed by atoms with Gasteiger partial charge in [0, 0.05) is 31.4 Å². The lowest BCUT2D eigenvalue weighted by Gasteiger charge is -2.24. The maximum atomic E-state index is 12.1. The summed E-state index contributed by atoms with van der Waals surface area (Å²) in [5, 5.41) is 11.8. The fourth-order valence-corrected chi connectivity index (χ4v) is 1.91. The average molecular weight is 282 g/mol. The number of aromatic nitrogens is 2. The van der Waals surface area contributed by atoms with E-state index in [1.807, 2.05) is 13.8 Å². The quantitative estimate of drug-likeness (QED) is 0.668. The van der Waals surface area contributed by atoms with Crippen LogP contribution in [0.5, 0.6) is 0 Å². The number of aromatic amines is 1. The van der Waals surface area contributed by atoms with E-state index < -0.39 is 12.0 Å². The molecule has 1 rings (SSSR count). The summed E-state index contributed by atoms with van der Waals surface area (Å²) in [5.41, 5.74) is 0.676. The molecule has 0 aromatic carbocycles. The molecule has 0 bridgehead atoms. The van der Waals surface area contributed by atoms with Gasteiger partial charge in [0.1, 0.15) is 6.04 Å². The Morgan fingerprint density at radius 1 is 1.40 bits per heavy atom. The molecule has 20 heavy (non-hydrogen) atoms. The molecule has 1 heterocycles. The maximum absolute atomic E-state index is 12.1. The Hall–Kier alpha value is -2.05. The Bertz CT molecular complexity index is 413. The highest BCUT2D eigenvalue weighted by atomic mass is 16.4. The Morgan fingerprint density at radius 2 is 2.05 bits per heavy atom. The minimum atomic E-state index is -1.05. The summed E-state index contributed by atoms with van der Waals surface area (Å²) >= 11 is 0. The van der Waals surface area contributed by atoms with E-state index in [1.165, 1.54) is 6.33 Å². The third-order valence-corrected chi connectivity index (χ3v) is 2.85. The largest absolute Gasteiger partial charge is 0.480 e. The first kappa shape index (κ1) is 16.0. The number of nitrogens with one attached hydrogen (secondary N) is 2. The van der Waals surface area contributed by atoms with Gasteiger partial charge in [-0.05, 0) is 12.8 Å². The highest BCUT2D eigenvalue weighted by Gasteiger charge is 2.23. The summed E-state index contributed by atoms with van der Waals surface area (Å²) < 4.78 is 0. The maximum Gasteiger partial charge on any atom is 0.326 e. The second kappa shape index (κ2) is 8.19. The van der Waals surface area contributed by atoms with E-state index in [0.717, 1.165) is 12.8 Å². The summed E-state index contributed by atoms with van der Waals surface area (Å²) in [6.07, 6.45) is 4.90. The van der Waals surface area contributed by atoms with E-state index in [9.17, 15) is 14.7 Å². The minimum absolute atomic E-state index is 0.188. The van der Waals surface area contributed by atoms with Crippen LogP contribution in [-0.4, -0.2) is 51.1 Å². The molecule has 0 aliphatic carbocycles. The number of imidazole rings is 1. The van der Waals surface area contributed by atoms with Gasteiger partial charge in [-0.15, -0.1) is 0 Å². The molecule has 0 radical (unpaired) electrons. The summed E-state index contributed by atoms with van der Waals surface area (Å²) in [6, 6.07) is -1.29. The number of carbonyl (C=O) groups is 2. The second-order valence-electron chi connectivity index (χ2n) is 4.61. The molecule has 0 spiro atoms. The van der Waals surface area contributed by atoms with Crippen LogP contribution in [0.15, 0.2) is 12.5 Å². The van der Waals surface area contributed by atoms with Gasteiger partial charge in [0.2, 0.25) is 0 Å². The van der Waals surface area contributed by atoms with E-state index in [1.54, 1.807) is 11.1 Å². The van der Waals surface area contributed by atoms with Crippen molar-refractivity contribution in [2.75, 3.05) is 13.1 Å². The monoisotopic (exact) mass is 282 g/mol. The Kier molecular flexibility index (Phi) is 6.55. The number of hydrogen-bond donors (Lipinski definition) is 3. The number of aliphatic carboxylic acids is 1. The van der Waals surface area contributed by atoms with E-state index in [0.29, 0.717) is 18.8 Å². The van der Waals surface area contributed by atoms with E-state index in [-0.39, 0.29) is 12.5 Å². The molecule has 1 aromatic heterocycles. The van der Waals surface area contributed by atoms with Crippen molar-refractivity contribution in [3.05, 3.63) is 18.2 Å². The number of nitrogens with zero attached hydrogens (tertiary/aromatic N) is 2. The first-order valence-electron chi connectivity index (χ1n) is 6.84. The highest BCUT2D eigenvalue weighted by molar-refractivity contribution is 5.82. The van der Waals surface area contributed by atoms with E-state index in [2.05, 4.69) is 15.3 Å². The van der Waals surface area contributed by atoms with Gasteiger partial charge in [-0.2, -0.15) is 0 Å². The van der Waals surface area contributed by atoms with Crippen LogP contribution in [0.2, 0.25) is 0 Å². The van der Waals surface area contributed by atoms with Gasteiger partial charge in [-0.25, -0.2) is 14.6 Å². The molecule has 1 aromatic rings. The molecule has 7 heteroatoms. The fraction of sp³-hybridized carbons (Fsp3) is 0.615. The average Bonchev–Trinajstić information content (AvgIpc) is 2.90. The van der Waals surface area contributed by atoms with E-state index in [4.69, 9.17) is 0 Å². The van der Waals surface area contributed by atoms with Gasteiger partial charge < -0.3 is 20.3 Å². The molecule has 0 aliphatic rings. The normalized spacial score (nSPS) is 11.9. The lowest BCUT2D eigenvalue weighted by Crippen LogP contribution is -2.49. The van der Waals surface area contributed by atoms with Gasteiger partial charge in [0.25, 0.3) is 0 Å². The molecular formula is C13H22N4O3. The Labute approximate surface area is 118 Å². The molecule has 1 atom stereocenters. The van der Waals surface area contributed by atoms with Crippen LogP contribution in [0.1, 0.15) is 32.4 Å². The SMILES string of the molecule is CCCN(CCC)C(=O)NC(Cc1cnc[nH]1)C(=O)O. The van der Waals surface area contributed by atoms with Crippen LogP contribution >= 0.6 is 0 Å². The fourth-order valence-electron chi connectivity index (χ4n) is 1.91. The number of rotatable bonds is 8. The topological polar surface area (TPSA) is 98.3 Å². The van der Waals surface area contributed by atoms with Gasteiger partial charge in [-0.3, -0.25) is 0 Å². The summed E-state index contributed by atoms with van der Waals surface area (Å²) in [7, 11) is 0. The van der Waals surface area contributed by atoms with Crippen molar-refractivity contribution in [2.24, 2.45) is 0 Å². The summed E-state index contributed by atoms with van der Waals surface area (Å²) in [4.78, 5) is 31.6. The highest BCUT2D eigenvalue weighted by Crippen LogP contribution is 2.02. The molecule has 1 unspecified atom stereocenters. The van der Waals surface area contributed by atoms with Crippen LogP contribution < -0.4 is 5.32 Å². The van der Waals surface area contributed by atoms with Crippen molar-refractivity contribution in [3.8, 4) is 0 Å². The molecular weight excluding hydrogens is 260 g/mol. The Morgan fingerprint density at radius 3 is 2.50 bits per heavy atom. The third kappa shape index (κ3) is 4.91. The van der Waals surface area contributed by atoms with Gasteiger partial charge in [0.05, 0.1) is 6.33 Å². The lowest BCUT2D eigenvalue weighted by molar-refractivity contribution is -0.139. The van der Waals surface area contributed by atoms with Crippen molar-refractivity contribution in [2.45, 2.75) is 39.2 Å². The zero-order chi connectivity index (χ0) is 15.0. The van der Waals surface area contributed by atoms with Crippen LogP contribution in [-0.2, 0) is 11.2 Å². The van der Waals surface area contributed by atoms with Gasteiger partial charge in [-0.1, -0.05) is 13.8 Å². The lowest BCUT2D eigenvalue weighted by atomic mass is 10.1. The number of carbonyl (C=O) groups excluding carboxylic acids is 1. The Balaban J connectivity index is 2.64. The van der Waals surface area contributed by atoms with E-state index >= 15 is 0 Å². The molecule has 112 valence electrons. The molecule has 3 N–H and O–H groups in total. The smallest absolute Gasteiger partial charge is 0.326 e. The molecule has 2 amide bonds. The van der Waals surface area contributed by atoms with Crippen LogP contribution in [0.25, 0.3) is 0 Å². The number of H-pyrrole nitrogens is 1.